The molecule has 5 nitrogen and oxygen atoms in total. The molecule has 1 aliphatic heterocycles. The molecule has 0 aromatic heterocycles. The van der Waals surface area contributed by atoms with Crippen molar-refractivity contribution in [2.75, 3.05) is 17.8 Å². The van der Waals surface area contributed by atoms with Gasteiger partial charge in [0.15, 0.2) is 0 Å². The highest BCUT2D eigenvalue weighted by Gasteiger charge is 2.24. The summed E-state index contributed by atoms with van der Waals surface area (Å²) in [6, 6.07) is 8.57. The van der Waals surface area contributed by atoms with Crippen LogP contribution in [0.25, 0.3) is 0 Å². The highest BCUT2D eigenvalue weighted by Crippen LogP contribution is 2.19. The molecule has 1 aliphatic rings. The topological polar surface area (TPSA) is 73.2 Å². The van der Waals surface area contributed by atoms with Crippen LogP contribution in [0.1, 0.15) is 24.8 Å². The third-order valence-corrected chi connectivity index (χ3v) is 4.46. The van der Waals surface area contributed by atoms with Crippen LogP contribution in [0.2, 0.25) is 0 Å². The van der Waals surface area contributed by atoms with Crippen molar-refractivity contribution in [2.45, 2.75) is 19.3 Å². The zero-order chi connectivity index (χ0) is 13.0. The third kappa shape index (κ3) is 2.81. The zero-order valence-electron chi connectivity index (χ0n) is 9.96. The van der Waals surface area contributed by atoms with E-state index in [-0.39, 0.29) is 0 Å². The molecule has 0 saturated carbocycles. The van der Waals surface area contributed by atoms with Gasteiger partial charge in [0.05, 0.1) is 11.3 Å². The first-order valence-electron chi connectivity index (χ1n) is 5.90. The highest BCUT2D eigenvalue weighted by atomic mass is 32.2. The number of para-hydroxylation sites is 1. The van der Waals surface area contributed by atoms with Crippen molar-refractivity contribution in [3.8, 4) is 6.07 Å². The highest BCUT2D eigenvalue weighted by molar-refractivity contribution is 7.90. The van der Waals surface area contributed by atoms with Crippen molar-refractivity contribution in [3.63, 3.8) is 0 Å². The molecular formula is C12H15N3O2S. The Kier molecular flexibility index (Phi) is 3.84. The van der Waals surface area contributed by atoms with Gasteiger partial charge in [0.1, 0.15) is 6.07 Å². The van der Waals surface area contributed by atoms with Gasteiger partial charge in [0.25, 0.3) is 0 Å². The summed E-state index contributed by atoms with van der Waals surface area (Å²) in [6.45, 7) is 1.09. The maximum absolute atomic E-state index is 12.1. The molecule has 2 rings (SSSR count). The Labute approximate surface area is 107 Å². The second-order valence-electron chi connectivity index (χ2n) is 4.22. The minimum absolute atomic E-state index is 0.332. The van der Waals surface area contributed by atoms with E-state index in [1.54, 1.807) is 24.3 Å². The Morgan fingerprint density at radius 2 is 1.83 bits per heavy atom. The van der Waals surface area contributed by atoms with E-state index in [4.69, 9.17) is 5.26 Å². The lowest BCUT2D eigenvalue weighted by atomic mass is 10.2. The summed E-state index contributed by atoms with van der Waals surface area (Å²) in [5.41, 5.74) is 0.670. The first-order chi connectivity index (χ1) is 8.63. The van der Waals surface area contributed by atoms with Gasteiger partial charge in [-0.2, -0.15) is 18.0 Å². The number of nitrogens with one attached hydrogen (secondary N) is 1. The Hall–Kier alpha value is -1.58. The number of nitrogens with zero attached hydrogens (tertiary/aromatic N) is 2. The van der Waals surface area contributed by atoms with Crippen LogP contribution < -0.4 is 4.72 Å². The fourth-order valence-corrected chi connectivity index (χ4v) is 3.30. The molecule has 1 saturated heterocycles. The number of nitriles is 1. The van der Waals surface area contributed by atoms with Crippen LogP contribution in [0.3, 0.4) is 0 Å². The molecule has 0 atom stereocenters. The molecular weight excluding hydrogens is 250 g/mol. The number of piperidine rings is 1. The van der Waals surface area contributed by atoms with Crippen LogP contribution in [0.4, 0.5) is 5.69 Å². The molecule has 1 N–H and O–H groups in total. The van der Waals surface area contributed by atoms with E-state index >= 15 is 0 Å². The Morgan fingerprint density at radius 1 is 1.17 bits per heavy atom. The quantitative estimate of drug-likeness (QED) is 0.904. The van der Waals surface area contributed by atoms with Gasteiger partial charge < -0.3 is 0 Å². The molecule has 1 heterocycles. The molecule has 0 aliphatic carbocycles. The van der Waals surface area contributed by atoms with Crippen molar-refractivity contribution in [1.29, 1.82) is 5.26 Å². The number of anilines is 1. The van der Waals surface area contributed by atoms with Crippen molar-refractivity contribution < 1.29 is 8.42 Å². The van der Waals surface area contributed by atoms with Crippen molar-refractivity contribution >= 4 is 15.9 Å². The molecule has 1 aromatic carbocycles. The standard InChI is InChI=1S/C12H15N3O2S/c13-10-11-6-2-3-7-12(11)14-18(16,17)15-8-4-1-5-9-15/h2-3,6-7,14H,1,4-5,8-9H2. The normalized spacial score (nSPS) is 17.1. The third-order valence-electron chi connectivity index (χ3n) is 2.94. The minimum atomic E-state index is -3.54. The zero-order valence-corrected chi connectivity index (χ0v) is 10.8. The molecule has 0 amide bonds. The molecule has 96 valence electrons. The van der Waals surface area contributed by atoms with Crippen molar-refractivity contribution in [1.82, 2.24) is 4.31 Å². The van der Waals surface area contributed by atoms with Crippen molar-refractivity contribution in [2.24, 2.45) is 0 Å². The van der Waals surface area contributed by atoms with Gasteiger partial charge in [-0.05, 0) is 25.0 Å². The van der Waals surface area contributed by atoms with Gasteiger partial charge in [0.2, 0.25) is 0 Å². The molecule has 0 bridgehead atoms. The van der Waals surface area contributed by atoms with Crippen molar-refractivity contribution in [3.05, 3.63) is 29.8 Å². The molecule has 1 fully saturated rings. The monoisotopic (exact) mass is 265 g/mol. The van der Waals surface area contributed by atoms with Crippen LogP contribution in [0.15, 0.2) is 24.3 Å². The van der Waals surface area contributed by atoms with Crippen LogP contribution in [-0.2, 0) is 10.2 Å². The van der Waals surface area contributed by atoms with Gasteiger partial charge in [-0.15, -0.1) is 0 Å². The number of rotatable bonds is 3. The average molecular weight is 265 g/mol. The first-order valence-corrected chi connectivity index (χ1v) is 7.34. The summed E-state index contributed by atoms with van der Waals surface area (Å²) in [4.78, 5) is 0. The lowest BCUT2D eigenvalue weighted by molar-refractivity contribution is 0.349. The Bertz CT molecular complexity index is 557. The van der Waals surface area contributed by atoms with Gasteiger partial charge >= 0.3 is 10.2 Å². The lowest BCUT2D eigenvalue weighted by Gasteiger charge is -2.26. The van der Waals surface area contributed by atoms with E-state index in [1.807, 2.05) is 6.07 Å². The number of benzene rings is 1. The fraction of sp³-hybridized carbons (Fsp3) is 0.417. The number of hydrogen-bond acceptors (Lipinski definition) is 3. The summed E-state index contributed by atoms with van der Waals surface area (Å²) in [5.74, 6) is 0. The lowest BCUT2D eigenvalue weighted by Crippen LogP contribution is -2.39. The van der Waals surface area contributed by atoms with Crippen LogP contribution in [0.5, 0.6) is 0 Å². The van der Waals surface area contributed by atoms with Crippen LogP contribution in [0, 0.1) is 11.3 Å². The molecule has 0 radical (unpaired) electrons. The van der Waals surface area contributed by atoms with Crippen LogP contribution >= 0.6 is 0 Å². The Morgan fingerprint density at radius 3 is 2.50 bits per heavy atom. The molecule has 6 heteroatoms. The SMILES string of the molecule is N#Cc1ccccc1NS(=O)(=O)N1CCCCC1. The van der Waals surface area contributed by atoms with E-state index in [0.29, 0.717) is 24.3 Å². The summed E-state index contributed by atoms with van der Waals surface area (Å²) >= 11 is 0. The second-order valence-corrected chi connectivity index (χ2v) is 5.89. The predicted molar refractivity (Wildman–Crippen MR) is 69.1 cm³/mol. The average Bonchev–Trinajstić information content (AvgIpc) is 2.40. The summed E-state index contributed by atoms with van der Waals surface area (Å²) in [7, 11) is -3.54. The summed E-state index contributed by atoms with van der Waals surface area (Å²) in [6.07, 6.45) is 2.85. The van der Waals surface area contributed by atoms with Gasteiger partial charge in [-0.1, -0.05) is 18.6 Å². The van der Waals surface area contributed by atoms with Gasteiger partial charge in [-0.25, -0.2) is 0 Å². The molecule has 18 heavy (non-hydrogen) atoms. The summed E-state index contributed by atoms with van der Waals surface area (Å²) in [5, 5.41) is 8.93. The van der Waals surface area contributed by atoms with Crippen LogP contribution in [-0.4, -0.2) is 25.8 Å². The van der Waals surface area contributed by atoms with E-state index in [2.05, 4.69) is 4.72 Å². The van der Waals surface area contributed by atoms with E-state index in [9.17, 15) is 8.42 Å². The smallest absolute Gasteiger partial charge is 0.270 e. The Balaban J connectivity index is 2.19. The second kappa shape index (κ2) is 5.38. The molecule has 0 spiro atoms. The molecule has 1 aromatic rings. The largest absolute Gasteiger partial charge is 0.301 e. The number of hydrogen-bond donors (Lipinski definition) is 1. The minimum Gasteiger partial charge on any atom is -0.270 e. The maximum Gasteiger partial charge on any atom is 0.301 e. The van der Waals surface area contributed by atoms with Gasteiger partial charge in [-0.3, -0.25) is 4.72 Å². The first kappa shape index (κ1) is 12.9. The fourth-order valence-electron chi connectivity index (χ4n) is 1.98. The van der Waals surface area contributed by atoms with E-state index in [0.717, 1.165) is 19.3 Å². The summed E-state index contributed by atoms with van der Waals surface area (Å²) < 4.78 is 28.2. The van der Waals surface area contributed by atoms with E-state index < -0.39 is 10.2 Å². The van der Waals surface area contributed by atoms with E-state index in [1.165, 1.54) is 4.31 Å². The predicted octanol–water partition coefficient (Wildman–Crippen LogP) is 1.70. The molecule has 0 unspecified atom stereocenters. The van der Waals surface area contributed by atoms with Gasteiger partial charge in [0, 0.05) is 13.1 Å². The maximum atomic E-state index is 12.1.